The Morgan fingerprint density at radius 3 is 1.52 bits per heavy atom. The number of phenolic OH excluding ortho intramolecular Hbond substituents is 3. The Morgan fingerprint density at radius 2 is 1.12 bits per heavy atom. The van der Waals surface area contributed by atoms with Gasteiger partial charge in [-0.1, -0.05) is 60.7 Å². The maximum atomic E-state index is 11.8. The third kappa shape index (κ3) is 6.39. The Bertz CT molecular complexity index is 755. The largest absolute Gasteiger partial charge is 0.508 e. The lowest BCUT2D eigenvalue weighted by Crippen LogP contribution is -2.06. The molecule has 4 nitrogen and oxygen atoms in total. The van der Waals surface area contributed by atoms with Crippen molar-refractivity contribution in [2.45, 2.75) is 12.8 Å². The van der Waals surface area contributed by atoms with Crippen molar-refractivity contribution in [1.82, 2.24) is 0 Å². The molecule has 0 spiro atoms. The fourth-order valence-corrected chi connectivity index (χ4v) is 2.22. The van der Waals surface area contributed by atoms with E-state index < -0.39 is 0 Å². The first kappa shape index (κ1) is 18.1. The van der Waals surface area contributed by atoms with Crippen molar-refractivity contribution in [3.63, 3.8) is 0 Å². The summed E-state index contributed by atoms with van der Waals surface area (Å²) in [5.74, 6) is -0.342. The molecule has 0 saturated carbocycles. The monoisotopic (exact) mass is 336 g/mol. The number of benzene rings is 3. The summed E-state index contributed by atoms with van der Waals surface area (Å²) >= 11 is 0. The molecule has 0 heterocycles. The van der Waals surface area contributed by atoms with Crippen LogP contribution in [-0.2, 0) is 17.6 Å². The molecule has 4 heteroatoms. The van der Waals surface area contributed by atoms with Crippen molar-refractivity contribution in [2.75, 3.05) is 0 Å². The summed E-state index contributed by atoms with van der Waals surface area (Å²) in [7, 11) is 0. The molecule has 0 unspecified atom stereocenters. The first-order valence-electron chi connectivity index (χ1n) is 7.85. The number of rotatable bonds is 4. The van der Waals surface area contributed by atoms with E-state index >= 15 is 0 Å². The lowest BCUT2D eigenvalue weighted by molar-refractivity contribution is -0.117. The molecule has 0 aromatic heterocycles. The van der Waals surface area contributed by atoms with Gasteiger partial charge in [0.1, 0.15) is 11.5 Å². The van der Waals surface area contributed by atoms with Crippen LogP contribution in [0.3, 0.4) is 0 Å². The Labute approximate surface area is 146 Å². The number of phenols is 3. The molecule has 0 saturated heterocycles. The summed E-state index contributed by atoms with van der Waals surface area (Å²) < 4.78 is 0. The molecule has 0 bridgehead atoms. The summed E-state index contributed by atoms with van der Waals surface area (Å²) in [6.07, 6.45) is 1.05. The molecule has 0 aliphatic heterocycles. The summed E-state index contributed by atoms with van der Waals surface area (Å²) in [6.45, 7) is 0. The van der Waals surface area contributed by atoms with Crippen LogP contribution < -0.4 is 0 Å². The molecule has 0 fully saturated rings. The number of carbonyl (C=O) groups is 1. The minimum absolute atomic E-state index is 0.0645. The van der Waals surface area contributed by atoms with E-state index in [9.17, 15) is 4.79 Å². The molecule has 3 rings (SSSR count). The molecule has 0 atom stereocenters. The standard InChI is InChI=1S/C15H14O.C6H6O3/c16-15(11-13-7-3-1-4-8-13)12-14-9-5-2-6-10-14;7-4-1-2-5(8)6(9)3-4/h1-10H,11-12H2;1-3,7-9H. The van der Waals surface area contributed by atoms with Crippen molar-refractivity contribution in [2.24, 2.45) is 0 Å². The van der Waals surface area contributed by atoms with Gasteiger partial charge in [0.25, 0.3) is 0 Å². The average molecular weight is 336 g/mol. The van der Waals surface area contributed by atoms with Crippen LogP contribution in [0.25, 0.3) is 0 Å². The van der Waals surface area contributed by atoms with E-state index in [1.54, 1.807) is 0 Å². The van der Waals surface area contributed by atoms with Gasteiger partial charge >= 0.3 is 0 Å². The lowest BCUT2D eigenvalue weighted by Gasteiger charge is -2.01. The number of Topliss-reactive ketones (excluding diaryl/α,β-unsaturated/α-hetero) is 1. The van der Waals surface area contributed by atoms with Crippen LogP contribution in [0, 0.1) is 0 Å². The van der Waals surface area contributed by atoms with Crippen molar-refractivity contribution in [1.29, 1.82) is 0 Å². The zero-order valence-electron chi connectivity index (χ0n) is 13.7. The van der Waals surface area contributed by atoms with Gasteiger partial charge in [0.05, 0.1) is 0 Å². The van der Waals surface area contributed by atoms with E-state index in [0.29, 0.717) is 12.8 Å². The fourth-order valence-electron chi connectivity index (χ4n) is 2.22. The molecule has 0 amide bonds. The number of hydrogen-bond acceptors (Lipinski definition) is 4. The van der Waals surface area contributed by atoms with E-state index in [1.807, 2.05) is 60.7 Å². The zero-order valence-corrected chi connectivity index (χ0v) is 13.7. The Balaban J connectivity index is 0.000000212. The van der Waals surface area contributed by atoms with Gasteiger partial charge < -0.3 is 15.3 Å². The molecule has 3 aromatic carbocycles. The van der Waals surface area contributed by atoms with Gasteiger partial charge in [0, 0.05) is 18.9 Å². The summed E-state index contributed by atoms with van der Waals surface area (Å²) in [6, 6.07) is 23.3. The number of hydrogen-bond donors (Lipinski definition) is 3. The molecule has 128 valence electrons. The van der Waals surface area contributed by atoms with Crippen LogP contribution in [0.5, 0.6) is 17.2 Å². The van der Waals surface area contributed by atoms with E-state index in [4.69, 9.17) is 15.3 Å². The second-order valence-electron chi connectivity index (χ2n) is 5.54. The first-order valence-corrected chi connectivity index (χ1v) is 7.85. The van der Waals surface area contributed by atoms with E-state index in [2.05, 4.69) is 0 Å². The van der Waals surface area contributed by atoms with Crippen molar-refractivity contribution in [3.8, 4) is 17.2 Å². The molecule has 0 aliphatic rings. The molecule has 0 aliphatic carbocycles. The van der Waals surface area contributed by atoms with Gasteiger partial charge in [0.15, 0.2) is 11.5 Å². The van der Waals surface area contributed by atoms with Crippen molar-refractivity contribution >= 4 is 5.78 Å². The molecular formula is C21H20O4. The minimum Gasteiger partial charge on any atom is -0.508 e. The lowest BCUT2D eigenvalue weighted by atomic mass is 10.0. The van der Waals surface area contributed by atoms with E-state index in [0.717, 1.165) is 17.2 Å². The molecule has 3 N–H and O–H groups in total. The molecule has 3 aromatic rings. The highest BCUT2D eigenvalue weighted by atomic mass is 16.3. The SMILES string of the molecule is O=C(Cc1ccccc1)Cc1ccccc1.Oc1ccc(O)c(O)c1. The second-order valence-corrected chi connectivity index (χ2v) is 5.54. The maximum Gasteiger partial charge on any atom is 0.161 e. The maximum absolute atomic E-state index is 11.8. The van der Waals surface area contributed by atoms with Gasteiger partial charge in [-0.05, 0) is 23.3 Å². The normalized spacial score (nSPS) is 9.76. The van der Waals surface area contributed by atoms with Gasteiger partial charge in [-0.25, -0.2) is 0 Å². The molecule has 0 radical (unpaired) electrons. The van der Waals surface area contributed by atoms with Gasteiger partial charge in [0.2, 0.25) is 0 Å². The van der Waals surface area contributed by atoms with E-state index in [-0.39, 0.29) is 23.0 Å². The summed E-state index contributed by atoms with van der Waals surface area (Å²) in [5, 5.41) is 26.0. The smallest absolute Gasteiger partial charge is 0.161 e. The van der Waals surface area contributed by atoms with Crippen LogP contribution in [0.1, 0.15) is 11.1 Å². The van der Waals surface area contributed by atoms with E-state index in [1.165, 1.54) is 12.1 Å². The predicted octanol–water partition coefficient (Wildman–Crippen LogP) is 3.84. The van der Waals surface area contributed by atoms with Gasteiger partial charge in [-0.3, -0.25) is 4.79 Å². The van der Waals surface area contributed by atoms with Crippen LogP contribution in [0.2, 0.25) is 0 Å². The highest BCUT2D eigenvalue weighted by Crippen LogP contribution is 2.27. The Hall–Kier alpha value is -3.27. The van der Waals surface area contributed by atoms with Crippen LogP contribution in [-0.4, -0.2) is 21.1 Å². The summed E-state index contributed by atoms with van der Waals surface area (Å²) in [4.78, 5) is 11.8. The quantitative estimate of drug-likeness (QED) is 0.500. The summed E-state index contributed by atoms with van der Waals surface area (Å²) in [5.41, 5.74) is 2.17. The number of aromatic hydroxyl groups is 3. The van der Waals surface area contributed by atoms with Crippen molar-refractivity contribution in [3.05, 3.63) is 90.0 Å². The van der Waals surface area contributed by atoms with Gasteiger partial charge in [-0.2, -0.15) is 0 Å². The topological polar surface area (TPSA) is 77.8 Å². The third-order valence-electron chi connectivity index (χ3n) is 3.45. The number of carbonyl (C=O) groups excluding carboxylic acids is 1. The molecular weight excluding hydrogens is 316 g/mol. The second kappa shape index (κ2) is 9.13. The zero-order chi connectivity index (χ0) is 18.1. The highest BCUT2D eigenvalue weighted by Gasteiger charge is 2.04. The van der Waals surface area contributed by atoms with Crippen LogP contribution in [0.4, 0.5) is 0 Å². The van der Waals surface area contributed by atoms with Crippen LogP contribution in [0.15, 0.2) is 78.9 Å². The fraction of sp³-hybridized carbons (Fsp3) is 0.0952. The third-order valence-corrected chi connectivity index (χ3v) is 3.45. The number of ketones is 1. The Morgan fingerprint density at radius 1 is 0.640 bits per heavy atom. The molecule has 25 heavy (non-hydrogen) atoms. The van der Waals surface area contributed by atoms with Crippen molar-refractivity contribution < 1.29 is 20.1 Å². The van der Waals surface area contributed by atoms with Gasteiger partial charge in [-0.15, -0.1) is 0 Å². The Kier molecular flexibility index (Phi) is 6.60. The highest BCUT2D eigenvalue weighted by molar-refractivity contribution is 5.83. The average Bonchev–Trinajstić information content (AvgIpc) is 2.61. The first-order chi connectivity index (χ1) is 12.0. The van der Waals surface area contributed by atoms with Crippen LogP contribution >= 0.6 is 0 Å². The predicted molar refractivity (Wildman–Crippen MR) is 96.7 cm³/mol. The minimum atomic E-state index is -0.310.